The summed E-state index contributed by atoms with van der Waals surface area (Å²) in [6, 6.07) is 0. The van der Waals surface area contributed by atoms with Gasteiger partial charge in [0.05, 0.1) is 7.11 Å². The molecule has 16 heavy (non-hydrogen) atoms. The zero-order valence-electron chi connectivity index (χ0n) is 10.5. The first-order valence-corrected chi connectivity index (χ1v) is 6.26. The first-order valence-electron chi connectivity index (χ1n) is 4.45. The Morgan fingerprint density at radius 2 is 1.50 bits per heavy atom. The van der Waals surface area contributed by atoms with E-state index in [-0.39, 0.29) is 5.97 Å². The molecule has 0 aliphatic rings. The van der Waals surface area contributed by atoms with Gasteiger partial charge < -0.3 is 18.0 Å². The summed E-state index contributed by atoms with van der Waals surface area (Å²) in [5.41, 5.74) is 2.01. The van der Waals surface area contributed by atoms with Crippen LogP contribution < -0.4 is 0 Å². The van der Waals surface area contributed by atoms with Crippen LogP contribution in [0.4, 0.5) is 0 Å². The molecule has 0 aromatic heterocycles. The lowest BCUT2D eigenvalue weighted by atomic mass is 10.4. The Balaban J connectivity index is 0. The van der Waals surface area contributed by atoms with Crippen molar-refractivity contribution in [1.29, 1.82) is 0 Å². The molecule has 0 aromatic carbocycles. The molecule has 0 heterocycles. The minimum absolute atomic E-state index is 0.347. The number of hydrogen-bond acceptors (Lipinski definition) is 5. The Bertz CT molecular complexity index is 227. The van der Waals surface area contributed by atoms with Gasteiger partial charge in [-0.25, -0.2) is 4.79 Å². The minimum Gasteiger partial charge on any atom is -0.466 e. The van der Waals surface area contributed by atoms with Crippen molar-refractivity contribution in [2.24, 2.45) is 0 Å². The average Bonchev–Trinajstić information content (AvgIpc) is 2.32. The first kappa shape index (κ1) is 17.4. The number of ether oxygens (including phenoxy) is 1. The van der Waals surface area contributed by atoms with Crippen LogP contribution in [0.25, 0.3) is 0 Å². The van der Waals surface area contributed by atoms with Crippen LogP contribution in [0.2, 0.25) is 0 Å². The van der Waals surface area contributed by atoms with Crippen LogP contribution in [0.5, 0.6) is 0 Å². The summed E-state index contributed by atoms with van der Waals surface area (Å²) >= 11 is 0. The quantitative estimate of drug-likeness (QED) is 0.417. The van der Waals surface area contributed by atoms with E-state index >= 15 is 0 Å². The third-order valence-corrected chi connectivity index (χ3v) is 3.84. The van der Waals surface area contributed by atoms with Crippen LogP contribution >= 0.6 is 0 Å². The second-order valence-corrected chi connectivity index (χ2v) is 5.53. The van der Waals surface area contributed by atoms with Crippen LogP contribution in [0, 0.1) is 0 Å². The maximum absolute atomic E-state index is 10.2. The molecule has 5 nitrogen and oxygen atoms in total. The van der Waals surface area contributed by atoms with Gasteiger partial charge in [-0.1, -0.05) is 13.2 Å². The van der Waals surface area contributed by atoms with Crippen molar-refractivity contribution < 1.29 is 22.8 Å². The van der Waals surface area contributed by atoms with E-state index in [1.165, 1.54) is 7.11 Å². The number of esters is 1. The van der Waals surface area contributed by atoms with Crippen LogP contribution in [-0.4, -0.2) is 43.2 Å². The zero-order chi connectivity index (χ0) is 13.2. The second-order valence-electron chi connectivity index (χ2n) is 2.69. The van der Waals surface area contributed by atoms with Gasteiger partial charge in [0.15, 0.2) is 0 Å². The van der Waals surface area contributed by atoms with Gasteiger partial charge in [-0.2, -0.15) is 0 Å². The van der Waals surface area contributed by atoms with Crippen LogP contribution in [0.15, 0.2) is 24.4 Å². The molecule has 0 radical (unpaired) electrons. The van der Waals surface area contributed by atoms with Gasteiger partial charge in [-0.05, 0) is 12.6 Å². The summed E-state index contributed by atoms with van der Waals surface area (Å²) < 4.78 is 19.2. The van der Waals surface area contributed by atoms with E-state index in [1.807, 2.05) is 0 Å². The van der Waals surface area contributed by atoms with E-state index < -0.39 is 8.80 Å². The molecule has 0 atom stereocenters. The maximum Gasteiger partial charge on any atom is 0.528 e. The molecule has 0 bridgehead atoms. The highest BCUT2D eigenvalue weighted by Gasteiger charge is 2.33. The fourth-order valence-electron chi connectivity index (χ4n) is 0.674. The summed E-state index contributed by atoms with van der Waals surface area (Å²) in [7, 11) is 3.53. The zero-order valence-corrected chi connectivity index (χ0v) is 11.5. The van der Waals surface area contributed by atoms with Gasteiger partial charge in [-0.3, -0.25) is 0 Å². The molecular weight excluding hydrogens is 228 g/mol. The number of carbonyl (C=O) groups is 1. The van der Waals surface area contributed by atoms with Crippen molar-refractivity contribution in [3.05, 3.63) is 24.4 Å². The number of hydrogen-bond donors (Lipinski definition) is 0. The molecule has 0 saturated carbocycles. The highest BCUT2D eigenvalue weighted by Crippen LogP contribution is 2.04. The van der Waals surface area contributed by atoms with E-state index in [4.69, 9.17) is 13.3 Å². The summed E-state index contributed by atoms with van der Waals surface area (Å²) in [5.74, 6) is -0.347. The first-order chi connectivity index (χ1) is 7.42. The monoisotopic (exact) mass is 248 g/mol. The Kier molecular flexibility index (Phi) is 10.1. The third-order valence-electron chi connectivity index (χ3n) is 1.64. The van der Waals surface area contributed by atoms with E-state index in [0.29, 0.717) is 5.57 Å². The fraction of sp³-hybridized carbons (Fsp3) is 0.500. The molecule has 94 valence electrons. The molecule has 0 aliphatic carbocycles. The molecule has 0 fully saturated rings. The highest BCUT2D eigenvalue weighted by molar-refractivity contribution is 6.66. The lowest BCUT2D eigenvalue weighted by Crippen LogP contribution is -2.40. The number of methoxy groups -OCH3 is 1. The molecule has 0 spiro atoms. The predicted octanol–water partition coefficient (Wildman–Crippen LogP) is 1.33. The van der Waals surface area contributed by atoms with Gasteiger partial charge in [0.1, 0.15) is 0 Å². The van der Waals surface area contributed by atoms with E-state index in [2.05, 4.69) is 17.9 Å². The van der Waals surface area contributed by atoms with E-state index in [9.17, 15) is 4.79 Å². The molecule has 0 amide bonds. The predicted molar refractivity (Wildman–Crippen MR) is 63.8 cm³/mol. The van der Waals surface area contributed by atoms with Crippen molar-refractivity contribution in [3.8, 4) is 0 Å². The number of carbonyl (C=O) groups excluding carboxylic acids is 1. The molecule has 0 rings (SSSR count). The standard InChI is InChI=1S/C5H12O3Si.C5H8O2/c1-5-9(6-2,7-3)8-4;1-4(2)5(6)7-3/h5H,1H2,2-4H3;1H2,2-3H3. The van der Waals surface area contributed by atoms with Gasteiger partial charge in [0, 0.05) is 26.9 Å². The van der Waals surface area contributed by atoms with Crippen LogP contribution in [-0.2, 0) is 22.8 Å². The Morgan fingerprint density at radius 1 is 1.12 bits per heavy atom. The summed E-state index contributed by atoms with van der Waals surface area (Å²) in [6.07, 6.45) is 0. The molecule has 0 unspecified atom stereocenters. The summed E-state index contributed by atoms with van der Waals surface area (Å²) in [4.78, 5) is 10.2. The van der Waals surface area contributed by atoms with Gasteiger partial charge in [0.25, 0.3) is 0 Å². The molecule has 0 saturated heterocycles. The molecule has 0 aromatic rings. The van der Waals surface area contributed by atoms with Gasteiger partial charge >= 0.3 is 14.8 Å². The summed E-state index contributed by atoms with van der Waals surface area (Å²) in [6.45, 7) is 8.49. The van der Waals surface area contributed by atoms with Crippen molar-refractivity contribution in [3.63, 3.8) is 0 Å². The second kappa shape index (κ2) is 9.29. The Labute approximate surface area is 98.0 Å². The molecule has 6 heteroatoms. The Morgan fingerprint density at radius 3 is 1.50 bits per heavy atom. The number of rotatable bonds is 5. The topological polar surface area (TPSA) is 54.0 Å². The van der Waals surface area contributed by atoms with Crippen molar-refractivity contribution in [1.82, 2.24) is 0 Å². The van der Waals surface area contributed by atoms with Crippen LogP contribution in [0.3, 0.4) is 0 Å². The van der Waals surface area contributed by atoms with Crippen molar-refractivity contribution in [2.45, 2.75) is 6.92 Å². The van der Waals surface area contributed by atoms with Crippen LogP contribution in [0.1, 0.15) is 6.92 Å². The van der Waals surface area contributed by atoms with Gasteiger partial charge in [0.2, 0.25) is 0 Å². The van der Waals surface area contributed by atoms with E-state index in [0.717, 1.165) is 0 Å². The minimum atomic E-state index is -2.43. The fourth-order valence-corrected chi connectivity index (χ4v) is 1.67. The molecule has 0 aliphatic heterocycles. The van der Waals surface area contributed by atoms with Crippen molar-refractivity contribution in [2.75, 3.05) is 28.4 Å². The SMILES string of the molecule is C=C(C)C(=O)OC.C=C[Si](OC)(OC)OC. The normalized spacial score (nSPS) is 9.81. The molecule has 0 N–H and O–H groups in total. The van der Waals surface area contributed by atoms with Gasteiger partial charge in [-0.15, -0.1) is 0 Å². The maximum atomic E-state index is 10.2. The average molecular weight is 248 g/mol. The third kappa shape index (κ3) is 6.52. The lowest BCUT2D eigenvalue weighted by molar-refractivity contribution is -0.136. The molecular formula is C10H20O5Si. The highest BCUT2D eigenvalue weighted by atomic mass is 28.4. The van der Waals surface area contributed by atoms with E-state index in [1.54, 1.807) is 34.0 Å². The Hall–Kier alpha value is -0.953. The smallest absolute Gasteiger partial charge is 0.466 e. The lowest BCUT2D eigenvalue weighted by Gasteiger charge is -2.19. The van der Waals surface area contributed by atoms with Crippen molar-refractivity contribution >= 4 is 14.8 Å². The largest absolute Gasteiger partial charge is 0.528 e. The summed E-state index contributed by atoms with van der Waals surface area (Å²) in [5, 5.41) is 0.